The molecular formula is C23H21FN4O. The molecule has 146 valence electrons. The largest absolute Gasteiger partial charge is 0.335 e. The summed E-state index contributed by atoms with van der Waals surface area (Å²) in [6.45, 7) is 0. The number of halogens is 1. The van der Waals surface area contributed by atoms with Crippen molar-refractivity contribution in [2.24, 2.45) is 0 Å². The van der Waals surface area contributed by atoms with Gasteiger partial charge in [0.15, 0.2) is 0 Å². The summed E-state index contributed by atoms with van der Waals surface area (Å²) in [7, 11) is 0. The van der Waals surface area contributed by atoms with E-state index in [1.54, 1.807) is 42.6 Å². The van der Waals surface area contributed by atoms with Gasteiger partial charge in [0.1, 0.15) is 5.82 Å². The Bertz CT molecular complexity index is 1070. The monoisotopic (exact) mass is 388 g/mol. The van der Waals surface area contributed by atoms with Gasteiger partial charge in [0.25, 0.3) is 0 Å². The lowest BCUT2D eigenvalue weighted by molar-refractivity contribution is 0.242. The molecule has 1 aliphatic carbocycles. The molecule has 1 heterocycles. The van der Waals surface area contributed by atoms with Crippen molar-refractivity contribution in [2.45, 2.75) is 37.6 Å². The highest BCUT2D eigenvalue weighted by Crippen LogP contribution is 2.36. The number of nitrogens with one attached hydrogen (secondary N) is 2. The molecule has 5 nitrogen and oxygen atoms in total. The fourth-order valence-corrected chi connectivity index (χ4v) is 4.03. The molecule has 0 unspecified atom stereocenters. The zero-order valence-electron chi connectivity index (χ0n) is 15.9. The van der Waals surface area contributed by atoms with Crippen molar-refractivity contribution in [1.82, 2.24) is 10.3 Å². The minimum absolute atomic E-state index is 0.106. The maximum atomic E-state index is 13.7. The van der Waals surface area contributed by atoms with Crippen molar-refractivity contribution in [3.05, 3.63) is 71.7 Å². The predicted octanol–water partition coefficient (Wildman–Crippen LogP) is 5.09. The average Bonchev–Trinajstić information content (AvgIpc) is 2.74. The van der Waals surface area contributed by atoms with Crippen molar-refractivity contribution >= 4 is 22.6 Å². The molecule has 1 aromatic heterocycles. The number of hydrogen-bond acceptors (Lipinski definition) is 3. The number of carbonyl (C=O) groups excluding carboxylic acids is 1. The Labute approximate surface area is 168 Å². The van der Waals surface area contributed by atoms with E-state index in [2.05, 4.69) is 21.7 Å². The van der Waals surface area contributed by atoms with Crippen LogP contribution in [0.5, 0.6) is 0 Å². The molecule has 2 N–H and O–H groups in total. The quantitative estimate of drug-likeness (QED) is 0.656. The van der Waals surface area contributed by atoms with Crippen LogP contribution in [0.15, 0.2) is 54.7 Å². The zero-order chi connectivity index (χ0) is 20.2. The van der Waals surface area contributed by atoms with Crippen LogP contribution in [0.2, 0.25) is 0 Å². The summed E-state index contributed by atoms with van der Waals surface area (Å²) in [5, 5.41) is 15.5. The van der Waals surface area contributed by atoms with Crippen LogP contribution >= 0.6 is 0 Å². The highest BCUT2D eigenvalue weighted by molar-refractivity contribution is 5.89. The maximum Gasteiger partial charge on any atom is 0.319 e. The maximum absolute atomic E-state index is 13.7. The van der Waals surface area contributed by atoms with Crippen LogP contribution in [0.25, 0.3) is 10.9 Å². The van der Waals surface area contributed by atoms with Crippen molar-refractivity contribution in [3.8, 4) is 6.07 Å². The minimum atomic E-state index is -0.249. The minimum Gasteiger partial charge on any atom is -0.335 e. The Kier molecular flexibility index (Phi) is 5.39. The van der Waals surface area contributed by atoms with Crippen LogP contribution in [0.1, 0.15) is 42.7 Å². The fraction of sp³-hybridized carbons (Fsp3) is 0.261. The Morgan fingerprint density at radius 3 is 2.55 bits per heavy atom. The van der Waals surface area contributed by atoms with Gasteiger partial charge in [-0.2, -0.15) is 5.26 Å². The normalized spacial score (nSPS) is 18.8. The van der Waals surface area contributed by atoms with E-state index in [1.807, 2.05) is 6.07 Å². The van der Waals surface area contributed by atoms with E-state index >= 15 is 0 Å². The first-order chi connectivity index (χ1) is 14.1. The summed E-state index contributed by atoms with van der Waals surface area (Å²) in [6.07, 6.45) is 5.37. The van der Waals surface area contributed by atoms with Crippen LogP contribution in [-0.4, -0.2) is 17.1 Å². The Morgan fingerprint density at radius 2 is 1.83 bits per heavy atom. The van der Waals surface area contributed by atoms with Gasteiger partial charge in [0.05, 0.1) is 17.1 Å². The van der Waals surface area contributed by atoms with Gasteiger partial charge in [-0.3, -0.25) is 4.98 Å². The number of nitrogens with zero attached hydrogens (tertiary/aromatic N) is 2. The summed E-state index contributed by atoms with van der Waals surface area (Å²) in [5.41, 5.74) is 3.15. The molecule has 1 fully saturated rings. The van der Waals surface area contributed by atoms with Gasteiger partial charge in [-0.15, -0.1) is 0 Å². The Morgan fingerprint density at radius 1 is 1.07 bits per heavy atom. The molecule has 1 saturated carbocycles. The highest BCUT2D eigenvalue weighted by atomic mass is 19.1. The van der Waals surface area contributed by atoms with Crippen LogP contribution < -0.4 is 10.6 Å². The number of nitriles is 1. The van der Waals surface area contributed by atoms with Crippen molar-refractivity contribution in [1.29, 1.82) is 5.26 Å². The van der Waals surface area contributed by atoms with Gasteiger partial charge in [-0.1, -0.05) is 0 Å². The number of amides is 2. The second-order valence-corrected chi connectivity index (χ2v) is 7.40. The lowest BCUT2D eigenvalue weighted by Gasteiger charge is -2.30. The molecule has 0 atom stereocenters. The van der Waals surface area contributed by atoms with Gasteiger partial charge in [-0.25, -0.2) is 9.18 Å². The van der Waals surface area contributed by atoms with Crippen LogP contribution in [-0.2, 0) is 0 Å². The molecule has 4 rings (SSSR count). The van der Waals surface area contributed by atoms with Crippen LogP contribution in [0.3, 0.4) is 0 Å². The van der Waals surface area contributed by atoms with E-state index in [4.69, 9.17) is 5.26 Å². The van der Waals surface area contributed by atoms with E-state index < -0.39 is 0 Å². The average molecular weight is 388 g/mol. The summed E-state index contributed by atoms with van der Waals surface area (Å²) in [6, 6.07) is 15.4. The molecular weight excluding hydrogens is 367 g/mol. The molecule has 1 aliphatic rings. The smallest absolute Gasteiger partial charge is 0.319 e. The summed E-state index contributed by atoms with van der Waals surface area (Å²) in [4.78, 5) is 16.6. The van der Waals surface area contributed by atoms with Crippen molar-refractivity contribution in [2.75, 3.05) is 5.32 Å². The Balaban J connectivity index is 1.35. The van der Waals surface area contributed by atoms with Gasteiger partial charge in [-0.05, 0) is 85.7 Å². The molecule has 3 aromatic rings. The molecule has 29 heavy (non-hydrogen) atoms. The lowest BCUT2D eigenvalue weighted by Crippen LogP contribution is -2.39. The molecule has 0 saturated heterocycles. The van der Waals surface area contributed by atoms with Crippen LogP contribution in [0, 0.1) is 17.1 Å². The Hall–Kier alpha value is -3.46. The third kappa shape index (κ3) is 4.35. The third-order valence-corrected chi connectivity index (χ3v) is 5.51. The van der Waals surface area contributed by atoms with E-state index in [9.17, 15) is 9.18 Å². The molecule has 2 amide bonds. The molecule has 0 radical (unpaired) electrons. The molecule has 6 heteroatoms. The standard InChI is InChI=1S/C23H21FN4O/c24-17-5-10-22-21(13-17)20(11-12-26-22)16-3-8-19(9-4-16)28-23(29)27-18-6-1-15(14-25)2-7-18/h1-2,5-7,10-13,16,19H,3-4,8-9H2,(H2,27,28,29)/t16-,19-. The summed E-state index contributed by atoms with van der Waals surface area (Å²) in [5.74, 6) is 0.0866. The third-order valence-electron chi connectivity index (χ3n) is 5.51. The summed E-state index contributed by atoms with van der Waals surface area (Å²) < 4.78 is 13.7. The van der Waals surface area contributed by atoms with Gasteiger partial charge in [0, 0.05) is 23.3 Å². The molecule has 0 aliphatic heterocycles. The highest BCUT2D eigenvalue weighted by Gasteiger charge is 2.25. The first-order valence-corrected chi connectivity index (χ1v) is 9.74. The van der Waals surface area contributed by atoms with Crippen LogP contribution in [0.4, 0.5) is 14.9 Å². The number of carbonyl (C=O) groups is 1. The van der Waals surface area contributed by atoms with E-state index in [0.717, 1.165) is 42.1 Å². The summed E-state index contributed by atoms with van der Waals surface area (Å²) >= 11 is 0. The van der Waals surface area contributed by atoms with E-state index in [1.165, 1.54) is 6.07 Å². The first-order valence-electron chi connectivity index (χ1n) is 9.74. The fourth-order valence-electron chi connectivity index (χ4n) is 4.03. The number of rotatable bonds is 3. The van der Waals surface area contributed by atoms with Gasteiger partial charge in [0.2, 0.25) is 0 Å². The van der Waals surface area contributed by atoms with E-state index in [0.29, 0.717) is 17.2 Å². The molecule has 0 bridgehead atoms. The van der Waals surface area contributed by atoms with Crippen molar-refractivity contribution in [3.63, 3.8) is 0 Å². The number of fused-ring (bicyclic) bond motifs is 1. The first kappa shape index (κ1) is 18.9. The molecule has 0 spiro atoms. The molecule has 2 aromatic carbocycles. The second kappa shape index (κ2) is 8.27. The topological polar surface area (TPSA) is 77.8 Å². The second-order valence-electron chi connectivity index (χ2n) is 7.40. The van der Waals surface area contributed by atoms with Gasteiger partial charge < -0.3 is 10.6 Å². The SMILES string of the molecule is N#Cc1ccc(NC(=O)N[C@H]2CC[C@H](c3ccnc4ccc(F)cc43)CC2)cc1. The zero-order valence-corrected chi connectivity index (χ0v) is 15.9. The number of pyridine rings is 1. The number of anilines is 1. The predicted molar refractivity (Wildman–Crippen MR) is 110 cm³/mol. The number of benzene rings is 2. The number of aromatic nitrogens is 1. The van der Waals surface area contributed by atoms with Crippen molar-refractivity contribution < 1.29 is 9.18 Å². The number of hydrogen-bond donors (Lipinski definition) is 2. The van der Waals surface area contributed by atoms with E-state index in [-0.39, 0.29) is 17.9 Å². The van der Waals surface area contributed by atoms with Gasteiger partial charge >= 0.3 is 6.03 Å². The lowest BCUT2D eigenvalue weighted by atomic mass is 9.80. The number of urea groups is 1.